The second kappa shape index (κ2) is 6.66. The van der Waals surface area contributed by atoms with Crippen LogP contribution in [0.5, 0.6) is 0 Å². The van der Waals surface area contributed by atoms with Crippen molar-refractivity contribution < 1.29 is 32.0 Å². The zero-order valence-electron chi connectivity index (χ0n) is 16.4. The third kappa shape index (κ3) is 5.13. The molecule has 27 heavy (non-hydrogen) atoms. The van der Waals surface area contributed by atoms with Gasteiger partial charge in [0.25, 0.3) is 0 Å². The van der Waals surface area contributed by atoms with E-state index < -0.39 is 41.9 Å². The lowest BCUT2D eigenvalue weighted by Gasteiger charge is -2.32. The Bertz CT molecular complexity index is 714. The number of carbonyl (C=O) groups is 1. The molecule has 1 fully saturated rings. The fourth-order valence-corrected chi connectivity index (χ4v) is 2.28. The molecule has 0 bridgehead atoms. The van der Waals surface area contributed by atoms with Crippen LogP contribution >= 0.6 is 0 Å². The first-order valence-electron chi connectivity index (χ1n) is 8.45. The summed E-state index contributed by atoms with van der Waals surface area (Å²) in [4.78, 5) is 15.4. The highest BCUT2D eigenvalue weighted by Crippen LogP contribution is 2.37. The molecule has 6 nitrogen and oxygen atoms in total. The van der Waals surface area contributed by atoms with Gasteiger partial charge in [-0.3, -0.25) is 5.32 Å². The van der Waals surface area contributed by atoms with Crippen molar-refractivity contribution in [3.8, 4) is 0 Å². The van der Waals surface area contributed by atoms with Gasteiger partial charge in [0.1, 0.15) is 17.1 Å². The van der Waals surface area contributed by atoms with Crippen molar-refractivity contribution >= 4 is 24.5 Å². The quantitative estimate of drug-likeness (QED) is 0.782. The number of pyridine rings is 1. The predicted octanol–water partition coefficient (Wildman–Crippen LogP) is 3.75. The Balaban J connectivity index is 2.37. The fraction of sp³-hybridized carbons (Fsp3) is 0.647. The van der Waals surface area contributed by atoms with Crippen molar-refractivity contribution in [3.05, 3.63) is 17.8 Å². The Morgan fingerprint density at radius 2 is 1.63 bits per heavy atom. The number of carbonyl (C=O) groups excluding carboxylic acids is 1. The summed E-state index contributed by atoms with van der Waals surface area (Å²) in [6.45, 7) is 12.1. The lowest BCUT2D eigenvalue weighted by Crippen LogP contribution is -2.41. The number of ether oxygens (including phenoxy) is 1. The first-order valence-corrected chi connectivity index (χ1v) is 8.45. The highest BCUT2D eigenvalue weighted by molar-refractivity contribution is 6.62. The number of hydrogen-bond donors (Lipinski definition) is 1. The van der Waals surface area contributed by atoms with E-state index in [0.717, 1.165) is 6.07 Å². The van der Waals surface area contributed by atoms with Gasteiger partial charge < -0.3 is 14.0 Å². The van der Waals surface area contributed by atoms with E-state index in [0.29, 0.717) is 0 Å². The first kappa shape index (κ1) is 21.5. The van der Waals surface area contributed by atoms with Crippen molar-refractivity contribution in [1.82, 2.24) is 4.98 Å². The van der Waals surface area contributed by atoms with Gasteiger partial charge in [-0.1, -0.05) is 0 Å². The molecule has 0 spiro atoms. The van der Waals surface area contributed by atoms with E-state index >= 15 is 0 Å². The lowest BCUT2D eigenvalue weighted by atomic mass is 9.79. The molecule has 150 valence electrons. The summed E-state index contributed by atoms with van der Waals surface area (Å²) < 4.78 is 56.4. The monoisotopic (exact) mass is 388 g/mol. The van der Waals surface area contributed by atoms with Gasteiger partial charge in [0.2, 0.25) is 0 Å². The lowest BCUT2D eigenvalue weighted by molar-refractivity contribution is -0.141. The maximum Gasteiger partial charge on any atom is 0.495 e. The minimum Gasteiger partial charge on any atom is -0.444 e. The van der Waals surface area contributed by atoms with Crippen molar-refractivity contribution in [3.63, 3.8) is 0 Å². The zero-order chi connectivity index (χ0) is 20.8. The van der Waals surface area contributed by atoms with E-state index in [1.165, 1.54) is 6.07 Å². The van der Waals surface area contributed by atoms with Gasteiger partial charge in [0.15, 0.2) is 0 Å². The average molecular weight is 388 g/mol. The maximum absolute atomic E-state index is 13.3. The van der Waals surface area contributed by atoms with Crippen molar-refractivity contribution in [2.24, 2.45) is 0 Å². The predicted molar refractivity (Wildman–Crippen MR) is 94.8 cm³/mol. The molecule has 1 saturated heterocycles. The molecule has 0 saturated carbocycles. The second-order valence-corrected chi connectivity index (χ2v) is 8.38. The van der Waals surface area contributed by atoms with Crippen molar-refractivity contribution in [2.75, 3.05) is 5.32 Å². The van der Waals surface area contributed by atoms with Crippen molar-refractivity contribution in [1.29, 1.82) is 0 Å². The van der Waals surface area contributed by atoms with Crippen LogP contribution in [0, 0.1) is 0 Å². The molecule has 1 N–H and O–H groups in total. The zero-order valence-corrected chi connectivity index (χ0v) is 16.4. The van der Waals surface area contributed by atoms with E-state index in [-0.39, 0.29) is 11.3 Å². The summed E-state index contributed by atoms with van der Waals surface area (Å²) in [5.41, 5.74) is -3.32. The van der Waals surface area contributed by atoms with Gasteiger partial charge in [0.05, 0.1) is 11.2 Å². The van der Waals surface area contributed by atoms with Gasteiger partial charge in [-0.15, -0.1) is 0 Å². The number of nitrogens with zero attached hydrogens (tertiary/aromatic N) is 1. The summed E-state index contributed by atoms with van der Waals surface area (Å²) in [6, 6.07) is 2.13. The highest BCUT2D eigenvalue weighted by atomic mass is 19.4. The number of alkyl halides is 3. The van der Waals surface area contributed by atoms with Crippen molar-refractivity contribution in [2.45, 2.75) is 71.4 Å². The Hall–Kier alpha value is -1.81. The van der Waals surface area contributed by atoms with Gasteiger partial charge in [-0.05, 0) is 66.1 Å². The van der Waals surface area contributed by atoms with E-state index in [1.54, 1.807) is 48.5 Å². The number of amides is 1. The standard InChI is InChI=1S/C17H24BF3N2O4/c1-14(2,3)25-13(24)23-12-9-10(8-11(22-12)17(19,20)21)18-26-15(4,5)16(6,7)27-18/h8-9H,1-7H3,(H,22,23,24). The Morgan fingerprint density at radius 3 is 2.07 bits per heavy atom. The maximum atomic E-state index is 13.3. The summed E-state index contributed by atoms with van der Waals surface area (Å²) in [5.74, 6) is -0.302. The first-order chi connectivity index (χ1) is 12.0. The van der Waals surface area contributed by atoms with E-state index in [4.69, 9.17) is 14.0 Å². The van der Waals surface area contributed by atoms with E-state index in [9.17, 15) is 18.0 Å². The smallest absolute Gasteiger partial charge is 0.444 e. The molecular formula is C17H24BF3N2O4. The topological polar surface area (TPSA) is 69.7 Å². The molecule has 1 aromatic rings. The second-order valence-electron chi connectivity index (χ2n) is 8.38. The van der Waals surface area contributed by atoms with Gasteiger partial charge >= 0.3 is 19.4 Å². The molecule has 0 aliphatic carbocycles. The molecule has 0 aromatic carbocycles. The Kier molecular flexibility index (Phi) is 5.31. The average Bonchev–Trinajstić information content (AvgIpc) is 2.64. The molecule has 2 rings (SSSR count). The minimum absolute atomic E-state index is 0.0991. The SMILES string of the molecule is CC(C)(C)OC(=O)Nc1cc(B2OC(C)(C)C(C)(C)O2)cc(C(F)(F)F)n1. The highest BCUT2D eigenvalue weighted by Gasteiger charge is 2.52. The number of anilines is 1. The van der Waals surface area contributed by atoms with Crippen LogP contribution in [0.15, 0.2) is 12.1 Å². The van der Waals surface area contributed by atoms with E-state index in [2.05, 4.69) is 10.3 Å². The summed E-state index contributed by atoms with van der Waals surface area (Å²) in [6.07, 6.45) is -5.61. The summed E-state index contributed by atoms with van der Waals surface area (Å²) >= 11 is 0. The van der Waals surface area contributed by atoms with Crippen LogP contribution in [0.1, 0.15) is 54.2 Å². The summed E-state index contributed by atoms with van der Waals surface area (Å²) in [7, 11) is -1.03. The normalized spacial score (nSPS) is 19.1. The number of rotatable bonds is 2. The van der Waals surface area contributed by atoms with E-state index in [1.807, 2.05) is 0 Å². The Labute approximate surface area is 156 Å². The molecular weight excluding hydrogens is 364 g/mol. The van der Waals surface area contributed by atoms with Crippen LogP contribution in [0.3, 0.4) is 0 Å². The van der Waals surface area contributed by atoms with Crippen LogP contribution in [-0.2, 0) is 20.2 Å². The number of nitrogens with one attached hydrogen (secondary N) is 1. The number of aromatic nitrogens is 1. The number of hydrogen-bond acceptors (Lipinski definition) is 5. The number of halogens is 3. The molecule has 1 amide bonds. The largest absolute Gasteiger partial charge is 0.495 e. The molecule has 1 aromatic heterocycles. The summed E-state index contributed by atoms with van der Waals surface area (Å²) in [5, 5.41) is 2.23. The minimum atomic E-state index is -4.70. The van der Waals surface area contributed by atoms with Crippen LogP contribution in [0.25, 0.3) is 0 Å². The van der Waals surface area contributed by atoms with Gasteiger partial charge in [0, 0.05) is 0 Å². The molecule has 0 unspecified atom stereocenters. The third-order valence-corrected chi connectivity index (χ3v) is 4.29. The van der Waals surface area contributed by atoms with Gasteiger partial charge in [-0.25, -0.2) is 9.78 Å². The molecule has 0 radical (unpaired) electrons. The third-order valence-electron chi connectivity index (χ3n) is 4.29. The van der Waals surface area contributed by atoms with Crippen LogP contribution in [-0.4, -0.2) is 35.0 Å². The van der Waals surface area contributed by atoms with Crippen LogP contribution in [0.4, 0.5) is 23.8 Å². The molecule has 1 aliphatic heterocycles. The molecule has 10 heteroatoms. The molecule has 2 heterocycles. The molecule has 1 aliphatic rings. The fourth-order valence-electron chi connectivity index (χ4n) is 2.28. The Morgan fingerprint density at radius 1 is 1.11 bits per heavy atom. The molecule has 0 atom stereocenters. The van der Waals surface area contributed by atoms with Crippen LogP contribution < -0.4 is 10.8 Å². The van der Waals surface area contributed by atoms with Gasteiger partial charge in [-0.2, -0.15) is 13.2 Å². The van der Waals surface area contributed by atoms with Crippen LogP contribution in [0.2, 0.25) is 0 Å².